The number of nitrogen functional groups attached to an aromatic ring is 1. The van der Waals surface area contributed by atoms with Gasteiger partial charge in [-0.05, 0) is 38.0 Å². The number of thiazole rings is 1. The number of H-pyrrole nitrogens is 1. The fraction of sp³-hybridized carbons (Fsp3) is 0.316. The molecule has 26 heavy (non-hydrogen) atoms. The molecule has 0 bridgehead atoms. The monoisotopic (exact) mass is 367 g/mol. The van der Waals surface area contributed by atoms with E-state index in [9.17, 15) is 0 Å². The first-order chi connectivity index (χ1) is 12.6. The second-order valence-corrected chi connectivity index (χ2v) is 7.41. The van der Waals surface area contributed by atoms with Crippen molar-refractivity contribution in [2.24, 2.45) is 0 Å². The Hall–Kier alpha value is -2.67. The minimum Gasteiger partial charge on any atom is -0.493 e. The molecule has 4 rings (SSSR count). The number of aryl methyl sites for hydroxylation is 3. The van der Waals surface area contributed by atoms with Gasteiger partial charge in [0.05, 0.1) is 27.5 Å². The summed E-state index contributed by atoms with van der Waals surface area (Å²) in [5.74, 6) is 1.27. The van der Waals surface area contributed by atoms with Crippen molar-refractivity contribution in [2.45, 2.75) is 33.6 Å². The number of aromatic nitrogens is 4. The van der Waals surface area contributed by atoms with Gasteiger partial charge in [0, 0.05) is 23.6 Å². The molecule has 0 amide bonds. The van der Waals surface area contributed by atoms with Gasteiger partial charge in [-0.15, -0.1) is 11.3 Å². The standard InChI is InChI=1S/C19H21N5OS/c1-4-16-22-17-18(26-16)14-6-5-12(9-15(14)21-19(17)20)25-8-7-13-10(2)23-24-11(13)3/h5-6,9H,4,7-8H2,1-3H3,(H2,20,21)(H,23,24). The molecule has 0 aliphatic carbocycles. The largest absolute Gasteiger partial charge is 0.493 e. The number of hydrogen-bond donors (Lipinski definition) is 2. The van der Waals surface area contributed by atoms with Gasteiger partial charge >= 0.3 is 0 Å². The molecule has 0 unspecified atom stereocenters. The first kappa shape index (κ1) is 16.8. The average molecular weight is 367 g/mol. The molecule has 0 aliphatic rings. The number of ether oxygens (including phenoxy) is 1. The molecule has 3 heterocycles. The Labute approximate surface area is 155 Å². The maximum Gasteiger partial charge on any atom is 0.151 e. The summed E-state index contributed by atoms with van der Waals surface area (Å²) in [5.41, 5.74) is 11.1. The van der Waals surface area contributed by atoms with Gasteiger partial charge in [0.15, 0.2) is 5.82 Å². The normalized spacial score (nSPS) is 11.5. The highest BCUT2D eigenvalue weighted by molar-refractivity contribution is 7.19. The summed E-state index contributed by atoms with van der Waals surface area (Å²) >= 11 is 1.68. The smallest absolute Gasteiger partial charge is 0.151 e. The van der Waals surface area contributed by atoms with E-state index in [-0.39, 0.29) is 0 Å². The van der Waals surface area contributed by atoms with Gasteiger partial charge in [-0.25, -0.2) is 9.97 Å². The van der Waals surface area contributed by atoms with Crippen LogP contribution in [0.2, 0.25) is 0 Å². The van der Waals surface area contributed by atoms with Gasteiger partial charge < -0.3 is 10.5 Å². The van der Waals surface area contributed by atoms with Crippen molar-refractivity contribution in [3.05, 3.63) is 40.2 Å². The number of nitrogens with two attached hydrogens (primary N) is 1. The highest BCUT2D eigenvalue weighted by atomic mass is 32.1. The minimum atomic E-state index is 0.477. The van der Waals surface area contributed by atoms with Crippen LogP contribution in [0.1, 0.15) is 28.9 Å². The maximum absolute atomic E-state index is 6.12. The molecule has 0 atom stereocenters. The van der Waals surface area contributed by atoms with Crippen LogP contribution in [0.25, 0.3) is 21.1 Å². The van der Waals surface area contributed by atoms with Gasteiger partial charge in [0.2, 0.25) is 0 Å². The molecule has 0 radical (unpaired) electrons. The Kier molecular flexibility index (Phi) is 4.24. The second-order valence-electron chi connectivity index (χ2n) is 6.33. The van der Waals surface area contributed by atoms with E-state index in [1.165, 1.54) is 5.56 Å². The number of benzene rings is 1. The Bertz CT molecular complexity index is 1080. The molecule has 0 saturated heterocycles. The molecule has 0 spiro atoms. The van der Waals surface area contributed by atoms with Crippen LogP contribution < -0.4 is 10.5 Å². The van der Waals surface area contributed by atoms with E-state index in [0.717, 1.165) is 56.1 Å². The van der Waals surface area contributed by atoms with Crippen molar-refractivity contribution < 1.29 is 4.74 Å². The lowest BCUT2D eigenvalue weighted by atomic mass is 10.1. The lowest BCUT2D eigenvalue weighted by Crippen LogP contribution is -2.03. The zero-order valence-electron chi connectivity index (χ0n) is 15.1. The molecule has 3 aromatic heterocycles. The Morgan fingerprint density at radius 3 is 2.81 bits per heavy atom. The van der Waals surface area contributed by atoms with Crippen molar-refractivity contribution in [3.8, 4) is 5.75 Å². The predicted octanol–water partition coefficient (Wildman–Crippen LogP) is 3.95. The third-order valence-corrected chi connectivity index (χ3v) is 5.81. The van der Waals surface area contributed by atoms with E-state index < -0.39 is 0 Å². The number of aromatic amines is 1. The highest BCUT2D eigenvalue weighted by Crippen LogP contribution is 2.34. The summed E-state index contributed by atoms with van der Waals surface area (Å²) < 4.78 is 7.04. The average Bonchev–Trinajstić information content (AvgIpc) is 3.20. The maximum atomic E-state index is 6.12. The van der Waals surface area contributed by atoms with Crippen molar-refractivity contribution >= 4 is 38.3 Å². The van der Waals surface area contributed by atoms with Crippen molar-refractivity contribution in [2.75, 3.05) is 12.3 Å². The summed E-state index contributed by atoms with van der Waals surface area (Å²) in [5, 5.41) is 9.37. The van der Waals surface area contributed by atoms with Crippen LogP contribution in [0.15, 0.2) is 18.2 Å². The van der Waals surface area contributed by atoms with Crippen LogP contribution in [-0.2, 0) is 12.8 Å². The van der Waals surface area contributed by atoms with Gasteiger partial charge in [-0.1, -0.05) is 6.92 Å². The Morgan fingerprint density at radius 2 is 2.08 bits per heavy atom. The van der Waals surface area contributed by atoms with Crippen molar-refractivity contribution in [1.82, 2.24) is 20.2 Å². The van der Waals surface area contributed by atoms with Gasteiger partial charge in [-0.2, -0.15) is 5.10 Å². The van der Waals surface area contributed by atoms with Gasteiger partial charge in [-0.3, -0.25) is 5.10 Å². The number of nitrogens with zero attached hydrogens (tertiary/aromatic N) is 3. The molecule has 0 aliphatic heterocycles. The molecule has 1 aromatic carbocycles. The van der Waals surface area contributed by atoms with Crippen LogP contribution in [0.3, 0.4) is 0 Å². The number of rotatable bonds is 5. The summed E-state index contributed by atoms with van der Waals surface area (Å²) in [6, 6.07) is 5.98. The lowest BCUT2D eigenvalue weighted by molar-refractivity contribution is 0.322. The minimum absolute atomic E-state index is 0.477. The molecular weight excluding hydrogens is 346 g/mol. The fourth-order valence-electron chi connectivity index (χ4n) is 3.15. The predicted molar refractivity (Wildman–Crippen MR) is 106 cm³/mol. The van der Waals surface area contributed by atoms with E-state index in [0.29, 0.717) is 12.4 Å². The zero-order valence-corrected chi connectivity index (χ0v) is 15.9. The number of nitrogens with one attached hydrogen (secondary N) is 1. The molecule has 134 valence electrons. The summed E-state index contributed by atoms with van der Waals surface area (Å²) in [4.78, 5) is 9.11. The van der Waals surface area contributed by atoms with Crippen LogP contribution >= 0.6 is 11.3 Å². The number of anilines is 1. The van der Waals surface area contributed by atoms with Crippen molar-refractivity contribution in [3.63, 3.8) is 0 Å². The SMILES string of the molecule is CCc1nc2c(N)nc3cc(OCCc4c(C)n[nH]c4C)ccc3c2s1. The highest BCUT2D eigenvalue weighted by Gasteiger charge is 2.13. The van der Waals surface area contributed by atoms with Gasteiger partial charge in [0.25, 0.3) is 0 Å². The number of fused-ring (bicyclic) bond motifs is 3. The number of hydrogen-bond acceptors (Lipinski definition) is 6. The van der Waals surface area contributed by atoms with Crippen LogP contribution in [0.4, 0.5) is 5.82 Å². The third kappa shape index (κ3) is 2.88. The molecule has 0 fully saturated rings. The van der Waals surface area contributed by atoms with E-state index in [1.807, 2.05) is 32.0 Å². The first-order valence-electron chi connectivity index (χ1n) is 8.68. The van der Waals surface area contributed by atoms with Crippen molar-refractivity contribution in [1.29, 1.82) is 0 Å². The first-order valence-corrected chi connectivity index (χ1v) is 9.50. The van der Waals surface area contributed by atoms with E-state index in [2.05, 4.69) is 27.1 Å². The second kappa shape index (κ2) is 6.57. The zero-order chi connectivity index (χ0) is 18.3. The molecular formula is C19H21N5OS. The van der Waals surface area contributed by atoms with Crippen LogP contribution in [-0.4, -0.2) is 26.8 Å². The lowest BCUT2D eigenvalue weighted by Gasteiger charge is -2.08. The molecule has 3 N–H and O–H groups in total. The fourth-order valence-corrected chi connectivity index (χ4v) is 4.20. The summed E-state index contributed by atoms with van der Waals surface area (Å²) in [6.07, 6.45) is 1.71. The molecule has 4 aromatic rings. The van der Waals surface area contributed by atoms with Gasteiger partial charge in [0.1, 0.15) is 11.3 Å². The quantitative estimate of drug-likeness (QED) is 0.557. The summed E-state index contributed by atoms with van der Waals surface area (Å²) in [6.45, 7) is 6.72. The molecule has 7 heteroatoms. The number of pyridine rings is 1. The summed E-state index contributed by atoms with van der Waals surface area (Å²) in [7, 11) is 0. The van der Waals surface area contributed by atoms with Crippen LogP contribution in [0, 0.1) is 13.8 Å². The molecule has 6 nitrogen and oxygen atoms in total. The van der Waals surface area contributed by atoms with E-state index in [1.54, 1.807) is 11.3 Å². The topological polar surface area (TPSA) is 89.7 Å². The Balaban J connectivity index is 1.60. The third-order valence-electron chi connectivity index (χ3n) is 4.57. The Morgan fingerprint density at radius 1 is 1.23 bits per heavy atom. The van der Waals surface area contributed by atoms with E-state index in [4.69, 9.17) is 10.5 Å². The van der Waals surface area contributed by atoms with E-state index >= 15 is 0 Å². The molecule has 0 saturated carbocycles. The van der Waals surface area contributed by atoms with Crippen LogP contribution in [0.5, 0.6) is 5.75 Å².